The van der Waals surface area contributed by atoms with Crippen molar-refractivity contribution in [2.45, 2.75) is 23.9 Å². The van der Waals surface area contributed by atoms with E-state index in [0.29, 0.717) is 35.6 Å². The monoisotopic (exact) mass is 505 g/mol. The largest absolute Gasteiger partial charge is 0.497 e. The van der Waals surface area contributed by atoms with Crippen molar-refractivity contribution in [2.75, 3.05) is 21.2 Å². The fourth-order valence-electron chi connectivity index (χ4n) is 3.68. The van der Waals surface area contributed by atoms with Gasteiger partial charge in [-0.05, 0) is 42.8 Å². The number of rotatable bonds is 7. The normalized spacial score (nSPS) is 12.4. The first-order chi connectivity index (χ1) is 16.5. The Kier molecular flexibility index (Phi) is 6.52. The van der Waals surface area contributed by atoms with Crippen molar-refractivity contribution < 1.29 is 26.3 Å². The second-order valence-electron chi connectivity index (χ2n) is 7.86. The van der Waals surface area contributed by atoms with Crippen molar-refractivity contribution >= 4 is 21.2 Å². The molecule has 0 N–H and O–H groups in total. The lowest BCUT2D eigenvalue weighted by Crippen LogP contribution is -2.25. The maximum Gasteiger partial charge on any atom is 0.417 e. The van der Waals surface area contributed by atoms with E-state index in [-0.39, 0.29) is 5.69 Å². The van der Waals surface area contributed by atoms with Crippen molar-refractivity contribution in [1.29, 1.82) is 0 Å². The van der Waals surface area contributed by atoms with Crippen molar-refractivity contribution in [3.8, 4) is 11.4 Å². The highest BCUT2D eigenvalue weighted by molar-refractivity contribution is 7.89. The van der Waals surface area contributed by atoms with E-state index in [1.54, 1.807) is 48.3 Å². The lowest BCUT2D eigenvalue weighted by atomic mass is 10.1. The van der Waals surface area contributed by atoms with Gasteiger partial charge in [0.2, 0.25) is 10.0 Å². The first-order valence-corrected chi connectivity index (χ1v) is 11.9. The van der Waals surface area contributed by atoms with Crippen molar-refractivity contribution in [2.24, 2.45) is 0 Å². The Bertz CT molecular complexity index is 1480. The first kappa shape index (κ1) is 24.6. The minimum atomic E-state index is -4.90. The Balaban J connectivity index is 1.84. The van der Waals surface area contributed by atoms with E-state index in [0.717, 1.165) is 22.1 Å². The summed E-state index contributed by atoms with van der Waals surface area (Å²) in [6.45, 7) is 0. The Labute approximate surface area is 200 Å². The highest BCUT2D eigenvalue weighted by Gasteiger charge is 2.38. The van der Waals surface area contributed by atoms with Crippen LogP contribution < -0.4 is 4.74 Å². The van der Waals surface area contributed by atoms with E-state index >= 15 is 0 Å². The third-order valence-corrected chi connectivity index (χ3v) is 7.29. The second kappa shape index (κ2) is 9.27. The number of benzene rings is 1. The highest BCUT2D eigenvalue weighted by Crippen LogP contribution is 2.37. The minimum absolute atomic E-state index is 0.124. The SMILES string of the molecule is COc1ccnc(CCc2nc3ncccc3n2-c2ccc(S(=O)(=O)N(C)C)c(C(F)(F)F)c2)c1. The fourth-order valence-corrected chi connectivity index (χ4v) is 4.76. The third-order valence-electron chi connectivity index (χ3n) is 5.41. The first-order valence-electron chi connectivity index (χ1n) is 10.5. The summed E-state index contributed by atoms with van der Waals surface area (Å²) in [7, 11) is -0.414. The maximum absolute atomic E-state index is 14.0. The van der Waals surface area contributed by atoms with E-state index in [4.69, 9.17) is 4.74 Å². The van der Waals surface area contributed by atoms with Gasteiger partial charge in [-0.15, -0.1) is 0 Å². The van der Waals surface area contributed by atoms with E-state index in [9.17, 15) is 21.6 Å². The summed E-state index contributed by atoms with van der Waals surface area (Å²) < 4.78 is 74.6. The molecule has 4 rings (SSSR count). The van der Waals surface area contributed by atoms with Crippen molar-refractivity contribution in [1.82, 2.24) is 23.8 Å². The maximum atomic E-state index is 14.0. The molecule has 0 fully saturated rings. The number of fused-ring (bicyclic) bond motifs is 1. The molecule has 8 nitrogen and oxygen atoms in total. The van der Waals surface area contributed by atoms with E-state index < -0.39 is 26.7 Å². The smallest absolute Gasteiger partial charge is 0.417 e. The van der Waals surface area contributed by atoms with Gasteiger partial charge < -0.3 is 4.74 Å². The number of halogens is 3. The molecule has 0 aliphatic heterocycles. The minimum Gasteiger partial charge on any atom is -0.497 e. The summed E-state index contributed by atoms with van der Waals surface area (Å²) >= 11 is 0. The highest BCUT2D eigenvalue weighted by atomic mass is 32.2. The van der Waals surface area contributed by atoms with Gasteiger partial charge in [0.1, 0.15) is 11.6 Å². The Hall–Kier alpha value is -3.51. The van der Waals surface area contributed by atoms with Crippen LogP contribution in [-0.2, 0) is 29.0 Å². The molecule has 0 atom stereocenters. The molecular formula is C23H22F3N5O3S. The molecule has 1 aromatic carbocycles. The number of ether oxygens (including phenoxy) is 1. The molecule has 3 aromatic heterocycles. The number of nitrogens with zero attached hydrogens (tertiary/aromatic N) is 5. The number of methoxy groups -OCH3 is 1. The molecule has 4 aromatic rings. The summed E-state index contributed by atoms with van der Waals surface area (Å²) in [4.78, 5) is 12.2. The van der Waals surface area contributed by atoms with Crippen LogP contribution in [0.2, 0.25) is 0 Å². The van der Waals surface area contributed by atoms with Crippen LogP contribution in [0.3, 0.4) is 0 Å². The zero-order chi connectivity index (χ0) is 25.4. The number of imidazole rings is 1. The van der Waals surface area contributed by atoms with Crippen LogP contribution >= 0.6 is 0 Å². The summed E-state index contributed by atoms with van der Waals surface area (Å²) in [6.07, 6.45) is -0.956. The van der Waals surface area contributed by atoms with E-state index in [2.05, 4.69) is 15.0 Å². The molecule has 12 heteroatoms. The molecule has 0 unspecified atom stereocenters. The summed E-state index contributed by atoms with van der Waals surface area (Å²) in [5.41, 5.74) is 0.449. The molecule has 35 heavy (non-hydrogen) atoms. The lowest BCUT2D eigenvalue weighted by Gasteiger charge is -2.19. The molecule has 0 saturated heterocycles. The van der Waals surface area contributed by atoms with Gasteiger partial charge in [-0.2, -0.15) is 13.2 Å². The van der Waals surface area contributed by atoms with Crippen molar-refractivity contribution in [3.63, 3.8) is 0 Å². The van der Waals surface area contributed by atoms with Gasteiger partial charge in [-0.25, -0.2) is 22.7 Å². The molecule has 3 heterocycles. The third kappa shape index (κ3) is 4.84. The number of hydrogen-bond acceptors (Lipinski definition) is 6. The van der Waals surface area contributed by atoms with Crippen LogP contribution in [0.15, 0.2) is 59.8 Å². The van der Waals surface area contributed by atoms with Crippen LogP contribution in [0.4, 0.5) is 13.2 Å². The molecule has 184 valence electrons. The zero-order valence-corrected chi connectivity index (χ0v) is 19.9. The number of alkyl halides is 3. The Morgan fingerprint density at radius 3 is 2.49 bits per heavy atom. The topological polar surface area (TPSA) is 90.2 Å². The molecule has 0 aliphatic carbocycles. The fraction of sp³-hybridized carbons (Fsp3) is 0.261. The van der Waals surface area contributed by atoms with Crippen LogP contribution in [0.5, 0.6) is 5.75 Å². The quantitative estimate of drug-likeness (QED) is 0.379. The average Bonchev–Trinajstić information content (AvgIpc) is 3.20. The summed E-state index contributed by atoms with van der Waals surface area (Å²) in [5, 5.41) is 0. The second-order valence-corrected chi connectivity index (χ2v) is 9.98. The van der Waals surface area contributed by atoms with Gasteiger partial charge in [-0.3, -0.25) is 9.55 Å². The van der Waals surface area contributed by atoms with Gasteiger partial charge >= 0.3 is 6.18 Å². The molecule has 0 spiro atoms. The van der Waals surface area contributed by atoms with Gasteiger partial charge in [0, 0.05) is 50.4 Å². The van der Waals surface area contributed by atoms with Crippen LogP contribution in [-0.4, -0.2) is 53.4 Å². The number of hydrogen-bond donors (Lipinski definition) is 0. The standard InChI is InChI=1S/C23H22F3N5O3S/c1-30(2)35(32,33)20-8-7-16(14-18(20)23(24,25)26)31-19-5-4-11-28-22(19)29-21(31)9-6-15-13-17(34-3)10-12-27-15/h4-5,7-8,10-14H,6,9H2,1-3H3. The summed E-state index contributed by atoms with van der Waals surface area (Å²) in [6, 6.07) is 9.98. The predicted octanol–water partition coefficient (Wildman–Crippen LogP) is 3.88. The Morgan fingerprint density at radius 2 is 1.80 bits per heavy atom. The van der Waals surface area contributed by atoms with Crippen molar-refractivity contribution in [3.05, 3.63) is 71.9 Å². The van der Waals surface area contributed by atoms with Gasteiger partial charge in [0.25, 0.3) is 0 Å². The molecule has 0 amide bonds. The number of aromatic nitrogens is 4. The molecule has 0 bridgehead atoms. The molecule has 0 radical (unpaired) electrons. The Morgan fingerprint density at radius 1 is 1.03 bits per heavy atom. The molecule has 0 saturated carbocycles. The lowest BCUT2D eigenvalue weighted by molar-refractivity contribution is -0.139. The van der Waals surface area contributed by atoms with Gasteiger partial charge in [0.05, 0.1) is 23.1 Å². The average molecular weight is 506 g/mol. The summed E-state index contributed by atoms with van der Waals surface area (Å²) in [5.74, 6) is 1.09. The van der Waals surface area contributed by atoms with Crippen LogP contribution in [0.1, 0.15) is 17.1 Å². The number of pyridine rings is 2. The zero-order valence-electron chi connectivity index (χ0n) is 19.1. The number of sulfonamides is 1. The molecule has 0 aliphatic rings. The van der Waals surface area contributed by atoms with E-state index in [1.807, 2.05) is 0 Å². The predicted molar refractivity (Wildman–Crippen MR) is 123 cm³/mol. The van der Waals surface area contributed by atoms with Crippen LogP contribution in [0, 0.1) is 0 Å². The van der Waals surface area contributed by atoms with Gasteiger partial charge in [0.15, 0.2) is 5.65 Å². The van der Waals surface area contributed by atoms with Gasteiger partial charge in [-0.1, -0.05) is 0 Å². The van der Waals surface area contributed by atoms with E-state index in [1.165, 1.54) is 20.2 Å². The molecular weight excluding hydrogens is 483 g/mol. The number of aryl methyl sites for hydroxylation is 2. The van der Waals surface area contributed by atoms with Crippen LogP contribution in [0.25, 0.3) is 16.9 Å².